The first kappa shape index (κ1) is 14.0. The largest absolute Gasteiger partial charge is 0.477 e. The summed E-state index contributed by atoms with van der Waals surface area (Å²) >= 11 is 2.54. The number of β-lactam (4-membered cyclic amide) rings is 1. The van der Waals surface area contributed by atoms with Gasteiger partial charge < -0.3 is 10.8 Å². The lowest BCUT2D eigenvalue weighted by Gasteiger charge is -2.43. The van der Waals surface area contributed by atoms with Crippen molar-refractivity contribution in [3.8, 4) is 0 Å². The molecule has 0 radical (unpaired) electrons. The Morgan fingerprint density at radius 3 is 2.95 bits per heavy atom. The molecule has 0 aromatic carbocycles. The monoisotopic (exact) mass is 326 g/mol. The van der Waals surface area contributed by atoms with E-state index >= 15 is 0 Å². The van der Waals surface area contributed by atoms with Crippen molar-refractivity contribution < 1.29 is 14.7 Å². The minimum absolute atomic E-state index is 0.0272. The van der Waals surface area contributed by atoms with E-state index in [1.54, 1.807) is 0 Å². The number of nitrogens with zero attached hydrogens (tertiary/aromatic N) is 2. The molecule has 3 heterocycles. The predicted octanol–water partition coefficient (Wildman–Crippen LogP) is 0.0456. The second-order valence-electron chi connectivity index (χ2n) is 4.38. The average molecular weight is 326 g/mol. The molecule has 1 atom stereocenters. The molecule has 1 aromatic heterocycles. The van der Waals surface area contributed by atoms with Gasteiger partial charge in [0.15, 0.2) is 0 Å². The highest BCUT2D eigenvalue weighted by molar-refractivity contribution is 8.06. The predicted molar refractivity (Wildman–Crippen MR) is 77.5 cm³/mol. The van der Waals surface area contributed by atoms with E-state index in [0.717, 1.165) is 11.8 Å². The van der Waals surface area contributed by atoms with Gasteiger partial charge in [0.1, 0.15) is 10.7 Å². The lowest BCUT2D eigenvalue weighted by atomic mass is 10.1. The second kappa shape index (κ2) is 5.11. The quantitative estimate of drug-likeness (QED) is 0.524. The SMILES string of the molecule is Nc1nc(SC2=C(C(=O)O)N3C(=O)CC3SC2)cc(=O)[nH]1. The number of carbonyl (C=O) groups is 2. The number of anilines is 1. The highest BCUT2D eigenvalue weighted by Gasteiger charge is 2.45. The van der Waals surface area contributed by atoms with Crippen molar-refractivity contribution in [2.24, 2.45) is 0 Å². The molecule has 8 nitrogen and oxygen atoms in total. The summed E-state index contributed by atoms with van der Waals surface area (Å²) in [5, 5.41) is 9.54. The first-order chi connectivity index (χ1) is 9.95. The molecule has 2 aliphatic heterocycles. The van der Waals surface area contributed by atoms with Crippen molar-refractivity contribution in [3.63, 3.8) is 0 Å². The molecule has 1 amide bonds. The number of aromatic nitrogens is 2. The van der Waals surface area contributed by atoms with Crippen molar-refractivity contribution in [2.75, 3.05) is 11.5 Å². The van der Waals surface area contributed by atoms with E-state index in [0.29, 0.717) is 22.1 Å². The molecule has 110 valence electrons. The summed E-state index contributed by atoms with van der Waals surface area (Å²) in [4.78, 5) is 42.4. The van der Waals surface area contributed by atoms with Crippen LogP contribution in [0.3, 0.4) is 0 Å². The summed E-state index contributed by atoms with van der Waals surface area (Å²) in [7, 11) is 0. The van der Waals surface area contributed by atoms with Crippen LogP contribution in [-0.2, 0) is 9.59 Å². The minimum Gasteiger partial charge on any atom is -0.477 e. The van der Waals surface area contributed by atoms with Crippen molar-refractivity contribution in [1.29, 1.82) is 0 Å². The maximum atomic E-state index is 11.6. The molecule has 10 heteroatoms. The fourth-order valence-corrected chi connectivity index (χ4v) is 4.49. The van der Waals surface area contributed by atoms with Crippen LogP contribution in [0.15, 0.2) is 26.5 Å². The number of carboxylic acids is 1. The highest BCUT2D eigenvalue weighted by Crippen LogP contribution is 2.44. The lowest BCUT2D eigenvalue weighted by molar-refractivity contribution is -0.146. The van der Waals surface area contributed by atoms with Gasteiger partial charge in [0.25, 0.3) is 5.56 Å². The summed E-state index contributed by atoms with van der Waals surface area (Å²) in [5.74, 6) is -0.951. The van der Waals surface area contributed by atoms with Crippen molar-refractivity contribution in [2.45, 2.75) is 16.8 Å². The lowest BCUT2D eigenvalue weighted by Crippen LogP contribution is -2.53. The molecule has 1 unspecified atom stereocenters. The van der Waals surface area contributed by atoms with Crippen LogP contribution in [0.5, 0.6) is 0 Å². The van der Waals surface area contributed by atoms with Gasteiger partial charge in [0.2, 0.25) is 11.9 Å². The van der Waals surface area contributed by atoms with E-state index in [4.69, 9.17) is 5.73 Å². The second-order valence-corrected chi connectivity index (χ2v) is 6.66. The number of nitrogens with one attached hydrogen (secondary N) is 1. The Bertz CT molecular complexity index is 729. The summed E-state index contributed by atoms with van der Waals surface area (Å²) in [6.07, 6.45) is 0.357. The summed E-state index contributed by atoms with van der Waals surface area (Å²) < 4.78 is 0. The number of nitrogen functional groups attached to an aromatic ring is 1. The van der Waals surface area contributed by atoms with Gasteiger partial charge in [0, 0.05) is 16.7 Å². The van der Waals surface area contributed by atoms with Gasteiger partial charge in [-0.25, -0.2) is 9.78 Å². The Morgan fingerprint density at radius 2 is 2.33 bits per heavy atom. The summed E-state index contributed by atoms with van der Waals surface area (Å²) in [6, 6.07) is 1.24. The van der Waals surface area contributed by atoms with Crippen LogP contribution in [0.1, 0.15) is 6.42 Å². The standard InChI is InChI=1S/C11H10N4O4S2/c12-11-13-5(16)1-6(14-11)21-4-3-20-8-2-7(17)15(8)9(4)10(18)19/h1,8H,2-3H2,(H,18,19)(H3,12,13,14,16). The zero-order valence-electron chi connectivity index (χ0n) is 10.5. The van der Waals surface area contributed by atoms with Crippen molar-refractivity contribution in [3.05, 3.63) is 27.0 Å². The van der Waals surface area contributed by atoms with E-state index < -0.39 is 11.5 Å². The normalized spacial score (nSPS) is 21.0. The fourth-order valence-electron chi connectivity index (χ4n) is 2.10. The van der Waals surface area contributed by atoms with Gasteiger partial charge in [0.05, 0.1) is 11.8 Å². The van der Waals surface area contributed by atoms with Crippen LogP contribution in [-0.4, -0.2) is 43.0 Å². The van der Waals surface area contributed by atoms with Gasteiger partial charge in [-0.15, -0.1) is 11.8 Å². The van der Waals surface area contributed by atoms with Crippen LogP contribution in [0, 0.1) is 0 Å². The number of hydrogen-bond acceptors (Lipinski definition) is 7. The molecule has 0 bridgehead atoms. The van der Waals surface area contributed by atoms with Gasteiger partial charge in [-0.05, 0) is 0 Å². The van der Waals surface area contributed by atoms with Crippen LogP contribution in [0.2, 0.25) is 0 Å². The number of aliphatic carboxylic acids is 1. The third kappa shape index (κ3) is 2.51. The van der Waals surface area contributed by atoms with Crippen LogP contribution < -0.4 is 11.3 Å². The Labute approximate surface area is 126 Å². The third-order valence-electron chi connectivity index (χ3n) is 2.98. The maximum Gasteiger partial charge on any atom is 0.353 e. The molecule has 0 saturated carbocycles. The van der Waals surface area contributed by atoms with E-state index in [2.05, 4.69) is 9.97 Å². The minimum atomic E-state index is -1.16. The fraction of sp³-hybridized carbons (Fsp3) is 0.273. The summed E-state index contributed by atoms with van der Waals surface area (Å²) in [5.41, 5.74) is 5.02. The van der Waals surface area contributed by atoms with E-state index in [1.807, 2.05) is 0 Å². The number of amides is 1. The number of carbonyl (C=O) groups excluding carboxylic acids is 1. The number of aromatic amines is 1. The average Bonchev–Trinajstić information content (AvgIpc) is 2.37. The number of thioether (sulfide) groups is 2. The highest BCUT2D eigenvalue weighted by atomic mass is 32.2. The Morgan fingerprint density at radius 1 is 1.57 bits per heavy atom. The number of carboxylic acid groups (broad SMARTS) is 1. The smallest absolute Gasteiger partial charge is 0.353 e. The Balaban J connectivity index is 1.98. The first-order valence-corrected chi connectivity index (χ1v) is 7.77. The van der Waals surface area contributed by atoms with Gasteiger partial charge in [-0.2, -0.15) is 0 Å². The molecule has 0 spiro atoms. The van der Waals surface area contributed by atoms with Gasteiger partial charge in [-0.1, -0.05) is 11.8 Å². The zero-order chi connectivity index (χ0) is 15.1. The first-order valence-electron chi connectivity index (χ1n) is 5.90. The number of hydrogen-bond donors (Lipinski definition) is 3. The number of nitrogens with two attached hydrogens (primary N) is 1. The molecule has 0 aliphatic carbocycles. The van der Waals surface area contributed by atoms with Gasteiger partial charge >= 0.3 is 5.97 Å². The molecular formula is C11H10N4O4S2. The van der Waals surface area contributed by atoms with Crippen LogP contribution in [0.4, 0.5) is 5.95 Å². The molecule has 3 rings (SSSR count). The van der Waals surface area contributed by atoms with E-state index in [1.165, 1.54) is 22.7 Å². The van der Waals surface area contributed by atoms with Crippen LogP contribution >= 0.6 is 23.5 Å². The maximum absolute atomic E-state index is 11.6. The van der Waals surface area contributed by atoms with Crippen molar-refractivity contribution >= 4 is 41.3 Å². The molecular weight excluding hydrogens is 316 g/mol. The molecule has 2 aliphatic rings. The Kier molecular flexibility index (Phi) is 3.41. The molecule has 1 fully saturated rings. The van der Waals surface area contributed by atoms with Crippen LogP contribution in [0.25, 0.3) is 0 Å². The number of H-pyrrole nitrogens is 1. The zero-order valence-corrected chi connectivity index (χ0v) is 12.2. The number of fused-ring (bicyclic) bond motifs is 1. The number of rotatable bonds is 3. The van der Waals surface area contributed by atoms with E-state index in [9.17, 15) is 19.5 Å². The molecule has 21 heavy (non-hydrogen) atoms. The Hall–Kier alpha value is -1.94. The summed E-state index contributed by atoms with van der Waals surface area (Å²) in [6.45, 7) is 0. The topological polar surface area (TPSA) is 129 Å². The molecule has 4 N–H and O–H groups in total. The molecule has 1 saturated heterocycles. The van der Waals surface area contributed by atoms with Crippen molar-refractivity contribution in [1.82, 2.24) is 14.9 Å². The van der Waals surface area contributed by atoms with Gasteiger partial charge in [-0.3, -0.25) is 19.5 Å². The third-order valence-corrected chi connectivity index (χ3v) is 5.39. The van der Waals surface area contributed by atoms with E-state index in [-0.39, 0.29) is 22.9 Å². The molecule has 1 aromatic rings.